The van der Waals surface area contributed by atoms with Crippen molar-refractivity contribution < 1.29 is 14.3 Å². The normalized spacial score (nSPS) is 11.5. The van der Waals surface area contributed by atoms with Crippen LogP contribution in [0, 0.1) is 0 Å². The van der Waals surface area contributed by atoms with Gasteiger partial charge in [0.15, 0.2) is 6.61 Å². The number of halogens is 1. The molecule has 0 radical (unpaired) electrons. The van der Waals surface area contributed by atoms with Gasteiger partial charge < -0.3 is 9.47 Å². The Hall–Kier alpha value is -2.14. The number of ether oxygens (including phenoxy) is 2. The second kappa shape index (κ2) is 8.11. The number of benzene rings is 1. The summed E-state index contributed by atoms with van der Waals surface area (Å²) in [6, 6.07) is 9.54. The van der Waals surface area contributed by atoms with Gasteiger partial charge in [0.2, 0.25) is 0 Å². The minimum absolute atomic E-state index is 0.124. The molecular formula is C19H20BrNO3. The van der Waals surface area contributed by atoms with E-state index < -0.39 is 11.6 Å². The zero-order valence-electron chi connectivity index (χ0n) is 14.0. The van der Waals surface area contributed by atoms with Crippen molar-refractivity contribution in [2.75, 3.05) is 6.61 Å². The molecule has 1 aromatic heterocycles. The van der Waals surface area contributed by atoms with Crippen molar-refractivity contribution in [3.63, 3.8) is 0 Å². The third kappa shape index (κ3) is 6.16. The van der Waals surface area contributed by atoms with Gasteiger partial charge in [-0.3, -0.25) is 4.98 Å². The molecule has 2 rings (SSSR count). The number of pyridine rings is 1. The molecule has 0 aliphatic heterocycles. The quantitative estimate of drug-likeness (QED) is 0.693. The van der Waals surface area contributed by atoms with Gasteiger partial charge in [0, 0.05) is 12.4 Å². The summed E-state index contributed by atoms with van der Waals surface area (Å²) in [5, 5.41) is 0. The zero-order valence-corrected chi connectivity index (χ0v) is 15.5. The smallest absolute Gasteiger partial charge is 0.344 e. The molecule has 0 spiro atoms. The molecule has 0 aliphatic carbocycles. The highest BCUT2D eigenvalue weighted by molar-refractivity contribution is 9.10. The highest BCUT2D eigenvalue weighted by atomic mass is 79.9. The zero-order chi connectivity index (χ0) is 17.6. The molecule has 0 saturated carbocycles. The molecule has 0 fully saturated rings. The van der Waals surface area contributed by atoms with E-state index in [1.54, 1.807) is 12.4 Å². The Labute approximate surface area is 150 Å². The Kier molecular flexibility index (Phi) is 6.15. The fourth-order valence-electron chi connectivity index (χ4n) is 1.91. The molecule has 24 heavy (non-hydrogen) atoms. The number of esters is 1. The van der Waals surface area contributed by atoms with Gasteiger partial charge >= 0.3 is 5.97 Å². The summed E-state index contributed by atoms with van der Waals surface area (Å²) in [5.74, 6) is 0.203. The number of nitrogens with zero attached hydrogens (tertiary/aromatic N) is 1. The molecule has 0 amide bonds. The van der Waals surface area contributed by atoms with E-state index in [1.807, 2.05) is 63.3 Å². The van der Waals surface area contributed by atoms with Gasteiger partial charge in [-0.1, -0.05) is 24.3 Å². The van der Waals surface area contributed by atoms with Crippen LogP contribution < -0.4 is 4.74 Å². The van der Waals surface area contributed by atoms with Crippen molar-refractivity contribution in [2.24, 2.45) is 0 Å². The predicted octanol–water partition coefficient (Wildman–Crippen LogP) is 4.74. The van der Waals surface area contributed by atoms with Gasteiger partial charge in [0.25, 0.3) is 0 Å². The number of hydrogen-bond donors (Lipinski definition) is 0. The molecule has 5 heteroatoms. The van der Waals surface area contributed by atoms with Crippen LogP contribution in [0.2, 0.25) is 0 Å². The monoisotopic (exact) mass is 389 g/mol. The average molecular weight is 390 g/mol. The summed E-state index contributed by atoms with van der Waals surface area (Å²) < 4.78 is 11.5. The average Bonchev–Trinajstić information content (AvgIpc) is 2.51. The van der Waals surface area contributed by atoms with E-state index in [4.69, 9.17) is 9.47 Å². The molecule has 126 valence electrons. The standard InChI is InChI=1S/C19H20BrNO3/c1-19(2,3)24-18(22)13-23-17-9-8-14(11-16(17)20)6-7-15-5-4-10-21-12-15/h4-12H,13H2,1-3H3/b7-6-. The van der Waals surface area contributed by atoms with Gasteiger partial charge in [-0.2, -0.15) is 0 Å². The van der Waals surface area contributed by atoms with Gasteiger partial charge in [-0.05, 0) is 66.0 Å². The number of hydrogen-bond acceptors (Lipinski definition) is 4. The minimum Gasteiger partial charge on any atom is -0.481 e. The Bertz CT molecular complexity index is 721. The Morgan fingerprint density at radius 2 is 1.96 bits per heavy atom. The lowest BCUT2D eigenvalue weighted by Crippen LogP contribution is -2.27. The fourth-order valence-corrected chi connectivity index (χ4v) is 2.42. The lowest BCUT2D eigenvalue weighted by Gasteiger charge is -2.19. The van der Waals surface area contributed by atoms with Crippen molar-refractivity contribution in [3.8, 4) is 5.75 Å². The van der Waals surface area contributed by atoms with E-state index >= 15 is 0 Å². The Balaban J connectivity index is 1.97. The number of aromatic nitrogens is 1. The van der Waals surface area contributed by atoms with Crippen molar-refractivity contribution in [1.29, 1.82) is 0 Å². The number of carbonyl (C=O) groups is 1. The number of rotatable bonds is 5. The van der Waals surface area contributed by atoms with Crippen LogP contribution in [-0.2, 0) is 9.53 Å². The van der Waals surface area contributed by atoms with Crippen molar-refractivity contribution >= 4 is 34.1 Å². The van der Waals surface area contributed by atoms with Crippen molar-refractivity contribution in [3.05, 3.63) is 58.3 Å². The van der Waals surface area contributed by atoms with E-state index in [0.29, 0.717) is 5.75 Å². The van der Waals surface area contributed by atoms with E-state index in [0.717, 1.165) is 15.6 Å². The topological polar surface area (TPSA) is 48.4 Å². The second-order valence-electron chi connectivity index (χ2n) is 6.18. The summed E-state index contributed by atoms with van der Waals surface area (Å²) >= 11 is 3.46. The van der Waals surface area contributed by atoms with Gasteiger partial charge in [-0.15, -0.1) is 0 Å². The number of carbonyl (C=O) groups excluding carboxylic acids is 1. The molecule has 0 atom stereocenters. The molecule has 0 saturated heterocycles. The summed E-state index contributed by atoms with van der Waals surface area (Å²) in [6.07, 6.45) is 7.50. The van der Waals surface area contributed by atoms with E-state index in [1.165, 1.54) is 0 Å². The molecule has 0 aliphatic rings. The van der Waals surface area contributed by atoms with Crippen molar-refractivity contribution in [1.82, 2.24) is 4.98 Å². The molecule has 0 N–H and O–H groups in total. The highest BCUT2D eigenvalue weighted by Gasteiger charge is 2.16. The predicted molar refractivity (Wildman–Crippen MR) is 98.6 cm³/mol. The fraction of sp³-hybridized carbons (Fsp3) is 0.263. The molecule has 1 aromatic carbocycles. The van der Waals surface area contributed by atoms with Crippen LogP contribution in [0.15, 0.2) is 47.2 Å². The van der Waals surface area contributed by atoms with Gasteiger partial charge in [0.05, 0.1) is 4.47 Å². The first-order valence-electron chi connectivity index (χ1n) is 7.56. The van der Waals surface area contributed by atoms with Crippen LogP contribution in [0.1, 0.15) is 31.9 Å². The molecule has 1 heterocycles. The van der Waals surface area contributed by atoms with E-state index in [-0.39, 0.29) is 6.61 Å². The summed E-state index contributed by atoms with van der Waals surface area (Å²) in [7, 11) is 0. The van der Waals surface area contributed by atoms with Crippen LogP contribution in [0.3, 0.4) is 0 Å². The lowest BCUT2D eigenvalue weighted by molar-refractivity contribution is -0.157. The third-order valence-electron chi connectivity index (χ3n) is 2.87. The maximum absolute atomic E-state index is 11.7. The van der Waals surface area contributed by atoms with Crippen LogP contribution in [0.25, 0.3) is 12.2 Å². The SMILES string of the molecule is CC(C)(C)OC(=O)COc1ccc(/C=C\c2cccnc2)cc1Br. The molecule has 0 unspecified atom stereocenters. The third-order valence-corrected chi connectivity index (χ3v) is 3.49. The summed E-state index contributed by atoms with van der Waals surface area (Å²) in [5.41, 5.74) is 1.52. The molecular weight excluding hydrogens is 370 g/mol. The minimum atomic E-state index is -0.515. The van der Waals surface area contributed by atoms with Crippen LogP contribution in [0.5, 0.6) is 5.75 Å². The second-order valence-corrected chi connectivity index (χ2v) is 7.04. The maximum atomic E-state index is 11.7. The van der Waals surface area contributed by atoms with Gasteiger partial charge in [0.1, 0.15) is 11.4 Å². The van der Waals surface area contributed by atoms with Gasteiger partial charge in [-0.25, -0.2) is 4.79 Å². The first-order chi connectivity index (χ1) is 11.3. The molecule has 2 aromatic rings. The van der Waals surface area contributed by atoms with Crippen LogP contribution in [0.4, 0.5) is 0 Å². The Morgan fingerprint density at radius 1 is 1.21 bits per heavy atom. The van der Waals surface area contributed by atoms with E-state index in [9.17, 15) is 4.79 Å². The first-order valence-corrected chi connectivity index (χ1v) is 8.35. The Morgan fingerprint density at radius 3 is 2.58 bits per heavy atom. The highest BCUT2D eigenvalue weighted by Crippen LogP contribution is 2.27. The summed E-state index contributed by atoms with van der Waals surface area (Å²) in [6.45, 7) is 5.35. The van der Waals surface area contributed by atoms with Crippen LogP contribution in [-0.4, -0.2) is 23.2 Å². The van der Waals surface area contributed by atoms with E-state index in [2.05, 4.69) is 20.9 Å². The van der Waals surface area contributed by atoms with Crippen LogP contribution >= 0.6 is 15.9 Å². The lowest BCUT2D eigenvalue weighted by atomic mass is 10.1. The molecule has 4 nitrogen and oxygen atoms in total. The first kappa shape index (κ1) is 18.2. The molecule has 0 bridgehead atoms. The maximum Gasteiger partial charge on any atom is 0.344 e. The largest absolute Gasteiger partial charge is 0.481 e. The van der Waals surface area contributed by atoms with Crippen molar-refractivity contribution in [2.45, 2.75) is 26.4 Å². The summed E-state index contributed by atoms with van der Waals surface area (Å²) in [4.78, 5) is 15.8.